The van der Waals surface area contributed by atoms with Crippen molar-refractivity contribution in [2.24, 2.45) is 5.92 Å². The van der Waals surface area contributed by atoms with Crippen LogP contribution < -0.4 is 0 Å². The van der Waals surface area contributed by atoms with Crippen LogP contribution in [-0.4, -0.2) is 37.4 Å². The standard InChI is InChI=1S/C19H27NO4S/c1-2-3-13-24-19(21)18-14-15-9-7-8-12-17(15)20(18)25(22,23)16-10-5-4-6-11-16/h4-6,10-11,15,17-18H,2-3,7-9,12-14H2,1H3/t15-,17-,18+/m1/s1. The molecule has 1 heterocycles. The van der Waals surface area contributed by atoms with Gasteiger partial charge in [-0.1, -0.05) is 44.4 Å². The third-order valence-corrected chi connectivity index (χ3v) is 7.31. The number of unbranched alkanes of at least 4 members (excludes halogenated alkanes) is 1. The van der Waals surface area contributed by atoms with E-state index in [1.807, 2.05) is 6.92 Å². The summed E-state index contributed by atoms with van der Waals surface area (Å²) < 4.78 is 33.4. The van der Waals surface area contributed by atoms with Crippen LogP contribution in [-0.2, 0) is 19.6 Å². The highest BCUT2D eigenvalue weighted by molar-refractivity contribution is 7.89. The van der Waals surface area contributed by atoms with Gasteiger partial charge in [0.05, 0.1) is 11.5 Å². The summed E-state index contributed by atoms with van der Waals surface area (Å²) in [7, 11) is -3.70. The highest BCUT2D eigenvalue weighted by Crippen LogP contribution is 2.43. The van der Waals surface area contributed by atoms with Gasteiger partial charge >= 0.3 is 5.97 Å². The van der Waals surface area contributed by atoms with Crippen molar-refractivity contribution in [3.8, 4) is 0 Å². The van der Waals surface area contributed by atoms with Gasteiger partial charge in [0.25, 0.3) is 0 Å². The van der Waals surface area contributed by atoms with Crippen molar-refractivity contribution < 1.29 is 17.9 Å². The highest BCUT2D eigenvalue weighted by Gasteiger charge is 2.51. The maximum Gasteiger partial charge on any atom is 0.324 e. The van der Waals surface area contributed by atoms with Gasteiger partial charge in [-0.3, -0.25) is 4.79 Å². The van der Waals surface area contributed by atoms with Gasteiger partial charge in [-0.25, -0.2) is 8.42 Å². The van der Waals surface area contributed by atoms with Crippen molar-refractivity contribution in [3.63, 3.8) is 0 Å². The molecule has 3 rings (SSSR count). The zero-order valence-electron chi connectivity index (χ0n) is 14.8. The number of ether oxygens (including phenoxy) is 1. The van der Waals surface area contributed by atoms with Crippen LogP contribution in [0.3, 0.4) is 0 Å². The van der Waals surface area contributed by atoms with Crippen molar-refractivity contribution in [2.75, 3.05) is 6.61 Å². The SMILES string of the molecule is CCCCOC(=O)[C@@H]1C[C@H]2CCCC[C@H]2N1S(=O)(=O)c1ccccc1. The number of sulfonamides is 1. The minimum atomic E-state index is -3.70. The van der Waals surface area contributed by atoms with Crippen LogP contribution in [0.2, 0.25) is 0 Å². The summed E-state index contributed by atoms with van der Waals surface area (Å²) >= 11 is 0. The van der Waals surface area contributed by atoms with Crippen molar-refractivity contribution in [3.05, 3.63) is 30.3 Å². The summed E-state index contributed by atoms with van der Waals surface area (Å²) in [5.74, 6) is -0.127. The number of hydrogen-bond acceptors (Lipinski definition) is 4. The minimum Gasteiger partial charge on any atom is -0.464 e. The molecule has 0 unspecified atom stereocenters. The Morgan fingerprint density at radius 1 is 1.20 bits per heavy atom. The molecule has 6 heteroatoms. The van der Waals surface area contributed by atoms with Crippen molar-refractivity contribution in [1.82, 2.24) is 4.31 Å². The van der Waals surface area contributed by atoms with E-state index in [9.17, 15) is 13.2 Å². The maximum absolute atomic E-state index is 13.3. The fourth-order valence-electron chi connectivity index (χ4n) is 4.09. The molecule has 0 amide bonds. The fourth-order valence-corrected chi connectivity index (χ4v) is 5.98. The van der Waals surface area contributed by atoms with Gasteiger partial charge < -0.3 is 4.74 Å². The van der Waals surface area contributed by atoms with E-state index in [0.29, 0.717) is 13.0 Å². The molecule has 1 aliphatic carbocycles. The highest BCUT2D eigenvalue weighted by atomic mass is 32.2. The van der Waals surface area contributed by atoms with Gasteiger partial charge in [-0.2, -0.15) is 4.31 Å². The largest absolute Gasteiger partial charge is 0.464 e. The average molecular weight is 365 g/mol. The van der Waals surface area contributed by atoms with Crippen LogP contribution in [0.1, 0.15) is 51.9 Å². The number of hydrogen-bond donors (Lipinski definition) is 0. The van der Waals surface area contributed by atoms with E-state index < -0.39 is 16.1 Å². The number of benzene rings is 1. The predicted molar refractivity (Wildman–Crippen MR) is 95.5 cm³/mol. The smallest absolute Gasteiger partial charge is 0.324 e. The molecule has 2 aliphatic rings. The molecule has 2 fully saturated rings. The molecular weight excluding hydrogens is 338 g/mol. The molecule has 3 atom stereocenters. The van der Waals surface area contributed by atoms with Gasteiger partial charge in [-0.15, -0.1) is 0 Å². The van der Waals surface area contributed by atoms with Crippen molar-refractivity contribution >= 4 is 16.0 Å². The van der Waals surface area contributed by atoms with Gasteiger partial charge in [0.2, 0.25) is 10.0 Å². The van der Waals surface area contributed by atoms with Gasteiger partial charge in [0.15, 0.2) is 0 Å². The minimum absolute atomic E-state index is 0.0809. The van der Waals surface area contributed by atoms with E-state index in [1.54, 1.807) is 30.3 Å². The Morgan fingerprint density at radius 3 is 2.64 bits per heavy atom. The Balaban J connectivity index is 1.89. The molecule has 0 N–H and O–H groups in total. The lowest BCUT2D eigenvalue weighted by molar-refractivity contribution is -0.147. The normalized spacial score (nSPS) is 27.0. The van der Waals surface area contributed by atoms with Crippen molar-refractivity contribution in [2.45, 2.75) is 68.8 Å². The first-order valence-corrected chi connectivity index (χ1v) is 10.7. The van der Waals surface area contributed by atoms with Crippen LogP contribution in [0.25, 0.3) is 0 Å². The zero-order chi connectivity index (χ0) is 17.9. The molecule has 0 bridgehead atoms. The second kappa shape index (κ2) is 7.87. The molecule has 1 saturated carbocycles. The molecule has 1 aromatic carbocycles. The maximum atomic E-state index is 13.3. The summed E-state index contributed by atoms with van der Waals surface area (Å²) in [6.45, 7) is 2.39. The average Bonchev–Trinajstić information content (AvgIpc) is 3.03. The molecule has 1 aliphatic heterocycles. The summed E-state index contributed by atoms with van der Waals surface area (Å²) in [6, 6.07) is 7.67. The lowest BCUT2D eigenvalue weighted by Gasteiger charge is -2.32. The fraction of sp³-hybridized carbons (Fsp3) is 0.632. The van der Waals surface area contributed by atoms with Gasteiger partial charge in [-0.05, 0) is 43.7 Å². The van der Waals surface area contributed by atoms with Gasteiger partial charge in [0.1, 0.15) is 6.04 Å². The first-order valence-electron chi connectivity index (χ1n) is 9.31. The van der Waals surface area contributed by atoms with Crippen LogP contribution in [0.15, 0.2) is 35.2 Å². The third kappa shape index (κ3) is 3.75. The number of carbonyl (C=O) groups excluding carboxylic acids is 1. The Morgan fingerprint density at radius 2 is 1.92 bits per heavy atom. The topological polar surface area (TPSA) is 63.7 Å². The van der Waals surface area contributed by atoms with Crippen LogP contribution >= 0.6 is 0 Å². The molecule has 0 aromatic heterocycles. The van der Waals surface area contributed by atoms with Crippen LogP contribution in [0, 0.1) is 5.92 Å². The summed E-state index contributed by atoms with van der Waals surface area (Å²) in [5.41, 5.74) is 0. The van der Waals surface area contributed by atoms with Crippen LogP contribution in [0.5, 0.6) is 0 Å². The monoisotopic (exact) mass is 365 g/mol. The number of esters is 1. The van der Waals surface area contributed by atoms with E-state index in [-0.39, 0.29) is 22.8 Å². The summed E-state index contributed by atoms with van der Waals surface area (Å²) in [6.07, 6.45) is 6.27. The molecule has 25 heavy (non-hydrogen) atoms. The number of fused-ring (bicyclic) bond motifs is 1. The quantitative estimate of drug-likeness (QED) is 0.573. The number of carbonyl (C=O) groups is 1. The second-order valence-corrected chi connectivity index (χ2v) is 8.88. The predicted octanol–water partition coefficient (Wildman–Crippen LogP) is 3.35. The Bertz CT molecular complexity index is 689. The van der Waals surface area contributed by atoms with E-state index in [4.69, 9.17) is 4.74 Å². The van der Waals surface area contributed by atoms with E-state index >= 15 is 0 Å². The van der Waals surface area contributed by atoms with E-state index in [2.05, 4.69) is 0 Å². The molecule has 1 saturated heterocycles. The summed E-state index contributed by atoms with van der Waals surface area (Å²) in [4.78, 5) is 12.9. The van der Waals surface area contributed by atoms with Crippen LogP contribution in [0.4, 0.5) is 0 Å². The Kier molecular flexibility index (Phi) is 5.79. The van der Waals surface area contributed by atoms with Crippen molar-refractivity contribution in [1.29, 1.82) is 0 Å². The van der Waals surface area contributed by atoms with Gasteiger partial charge in [0, 0.05) is 6.04 Å². The Hall–Kier alpha value is -1.40. The Labute approximate surface area is 150 Å². The number of rotatable bonds is 6. The molecule has 0 spiro atoms. The number of nitrogens with zero attached hydrogens (tertiary/aromatic N) is 1. The summed E-state index contributed by atoms with van der Waals surface area (Å²) in [5, 5.41) is 0. The second-order valence-electron chi connectivity index (χ2n) is 7.03. The molecule has 1 aromatic rings. The molecule has 5 nitrogen and oxygen atoms in total. The third-order valence-electron chi connectivity index (χ3n) is 5.36. The molecule has 0 radical (unpaired) electrons. The van der Waals surface area contributed by atoms with E-state index in [1.165, 1.54) is 4.31 Å². The van der Waals surface area contributed by atoms with E-state index in [0.717, 1.165) is 38.5 Å². The molecular formula is C19H27NO4S. The first-order chi connectivity index (χ1) is 12.1. The zero-order valence-corrected chi connectivity index (χ0v) is 15.6. The lowest BCUT2D eigenvalue weighted by Crippen LogP contribution is -2.46. The first kappa shape index (κ1) is 18.4. The lowest BCUT2D eigenvalue weighted by atomic mass is 9.85. The molecule has 138 valence electrons.